The lowest BCUT2D eigenvalue weighted by atomic mass is 10.0. The van der Waals surface area contributed by atoms with Gasteiger partial charge in [-0.3, -0.25) is 4.79 Å². The van der Waals surface area contributed by atoms with E-state index in [2.05, 4.69) is 0 Å². The summed E-state index contributed by atoms with van der Waals surface area (Å²) in [5, 5.41) is 11.9. The summed E-state index contributed by atoms with van der Waals surface area (Å²) in [6.07, 6.45) is 1.24. The maximum atomic E-state index is 12.1. The lowest BCUT2D eigenvalue weighted by Crippen LogP contribution is -2.13. The van der Waals surface area contributed by atoms with Gasteiger partial charge in [0.2, 0.25) is 0 Å². The van der Waals surface area contributed by atoms with Crippen molar-refractivity contribution in [1.29, 1.82) is 0 Å². The lowest BCUT2D eigenvalue weighted by molar-refractivity contribution is 0.0790. The van der Waals surface area contributed by atoms with Gasteiger partial charge in [-0.15, -0.1) is 11.3 Å². The van der Waals surface area contributed by atoms with Crippen molar-refractivity contribution < 1.29 is 9.90 Å². The van der Waals surface area contributed by atoms with Crippen molar-refractivity contribution in [3.05, 3.63) is 57.3 Å². The SMILES string of the molecule is Cc1cccc(C(=O)CCc2cc(C(C)(C)O)cs2)c1. The molecule has 0 fully saturated rings. The largest absolute Gasteiger partial charge is 0.386 e. The summed E-state index contributed by atoms with van der Waals surface area (Å²) < 4.78 is 0. The third-order valence-corrected chi connectivity index (χ3v) is 4.30. The molecule has 2 aromatic rings. The summed E-state index contributed by atoms with van der Waals surface area (Å²) in [5.74, 6) is 0.173. The Balaban J connectivity index is 1.99. The molecule has 0 radical (unpaired) electrons. The standard InChI is InChI=1S/C17H20O2S/c1-12-5-4-6-13(9-12)16(18)8-7-15-10-14(11-20-15)17(2,3)19/h4-6,9-11,19H,7-8H2,1-3H3. The molecule has 20 heavy (non-hydrogen) atoms. The smallest absolute Gasteiger partial charge is 0.163 e. The van der Waals surface area contributed by atoms with Crippen LogP contribution in [-0.4, -0.2) is 10.9 Å². The Morgan fingerprint density at radius 3 is 2.65 bits per heavy atom. The van der Waals surface area contributed by atoms with Crippen molar-refractivity contribution in [2.75, 3.05) is 0 Å². The van der Waals surface area contributed by atoms with Crippen molar-refractivity contribution in [3.8, 4) is 0 Å². The van der Waals surface area contributed by atoms with E-state index in [0.29, 0.717) is 6.42 Å². The summed E-state index contributed by atoms with van der Waals surface area (Å²) >= 11 is 1.60. The first kappa shape index (κ1) is 14.9. The highest BCUT2D eigenvalue weighted by molar-refractivity contribution is 7.10. The summed E-state index contributed by atoms with van der Waals surface area (Å²) in [4.78, 5) is 13.3. The first-order valence-corrected chi connectivity index (χ1v) is 7.64. The van der Waals surface area contributed by atoms with Crippen LogP contribution in [0.1, 0.15) is 46.6 Å². The minimum absolute atomic E-state index is 0.173. The molecule has 2 rings (SSSR count). The van der Waals surface area contributed by atoms with Crippen molar-refractivity contribution in [2.45, 2.75) is 39.2 Å². The molecular formula is C17H20O2S. The zero-order valence-corrected chi connectivity index (χ0v) is 13.0. The van der Waals surface area contributed by atoms with E-state index in [9.17, 15) is 9.90 Å². The molecule has 0 aliphatic heterocycles. The number of ketones is 1. The fourth-order valence-corrected chi connectivity index (χ4v) is 3.08. The van der Waals surface area contributed by atoms with E-state index >= 15 is 0 Å². The number of benzene rings is 1. The van der Waals surface area contributed by atoms with E-state index in [1.54, 1.807) is 25.2 Å². The second-order valence-electron chi connectivity index (χ2n) is 5.65. The van der Waals surface area contributed by atoms with Gasteiger partial charge >= 0.3 is 0 Å². The van der Waals surface area contributed by atoms with Gasteiger partial charge in [0.25, 0.3) is 0 Å². The highest BCUT2D eigenvalue weighted by Crippen LogP contribution is 2.26. The molecule has 0 spiro atoms. The lowest BCUT2D eigenvalue weighted by Gasteiger charge is -2.14. The van der Waals surface area contributed by atoms with Gasteiger partial charge in [-0.1, -0.05) is 23.8 Å². The average Bonchev–Trinajstić information content (AvgIpc) is 2.84. The van der Waals surface area contributed by atoms with Gasteiger partial charge in [-0.25, -0.2) is 0 Å². The van der Waals surface area contributed by atoms with E-state index in [0.717, 1.165) is 28.0 Å². The average molecular weight is 288 g/mol. The number of Topliss-reactive ketones (excluding diaryl/α,β-unsaturated/α-hetero) is 1. The number of hydrogen-bond acceptors (Lipinski definition) is 3. The van der Waals surface area contributed by atoms with Gasteiger partial charge in [-0.05, 0) is 50.3 Å². The normalized spacial score (nSPS) is 11.6. The summed E-state index contributed by atoms with van der Waals surface area (Å²) in [5.41, 5.74) is 2.00. The van der Waals surface area contributed by atoms with Crippen molar-refractivity contribution >= 4 is 17.1 Å². The molecule has 1 N–H and O–H groups in total. The van der Waals surface area contributed by atoms with E-state index in [-0.39, 0.29) is 5.78 Å². The molecule has 106 valence electrons. The second kappa shape index (κ2) is 5.90. The molecule has 0 aliphatic rings. The van der Waals surface area contributed by atoms with Crippen LogP contribution in [0.3, 0.4) is 0 Å². The number of aryl methyl sites for hydroxylation is 2. The monoisotopic (exact) mass is 288 g/mol. The highest BCUT2D eigenvalue weighted by atomic mass is 32.1. The van der Waals surface area contributed by atoms with Crippen LogP contribution in [0, 0.1) is 6.92 Å². The van der Waals surface area contributed by atoms with Gasteiger partial charge in [0.15, 0.2) is 5.78 Å². The molecule has 2 nitrogen and oxygen atoms in total. The van der Waals surface area contributed by atoms with Crippen LogP contribution in [0.5, 0.6) is 0 Å². The maximum absolute atomic E-state index is 12.1. The fraction of sp³-hybridized carbons (Fsp3) is 0.353. The predicted molar refractivity (Wildman–Crippen MR) is 83.4 cm³/mol. The summed E-state index contributed by atoms with van der Waals surface area (Å²) in [6.45, 7) is 5.54. The molecule has 0 unspecified atom stereocenters. The molecule has 0 saturated carbocycles. The molecular weight excluding hydrogens is 268 g/mol. The van der Waals surface area contributed by atoms with Crippen LogP contribution < -0.4 is 0 Å². The third-order valence-electron chi connectivity index (χ3n) is 3.30. The number of carbonyl (C=O) groups is 1. The van der Waals surface area contributed by atoms with Crippen LogP contribution in [0.4, 0.5) is 0 Å². The van der Waals surface area contributed by atoms with Crippen LogP contribution >= 0.6 is 11.3 Å². The van der Waals surface area contributed by atoms with Crippen molar-refractivity contribution in [3.63, 3.8) is 0 Å². The minimum atomic E-state index is -0.810. The quantitative estimate of drug-likeness (QED) is 0.841. The van der Waals surface area contributed by atoms with Crippen LogP contribution in [0.25, 0.3) is 0 Å². The Morgan fingerprint density at radius 2 is 2.05 bits per heavy atom. The third kappa shape index (κ3) is 3.78. The molecule has 3 heteroatoms. The Hall–Kier alpha value is -1.45. The molecule has 0 atom stereocenters. The Labute approximate surface area is 124 Å². The molecule has 1 aromatic heterocycles. The highest BCUT2D eigenvalue weighted by Gasteiger charge is 2.17. The fourth-order valence-electron chi connectivity index (χ4n) is 2.03. The predicted octanol–water partition coefficient (Wildman–Crippen LogP) is 4.10. The first-order valence-electron chi connectivity index (χ1n) is 6.76. The summed E-state index contributed by atoms with van der Waals surface area (Å²) in [6, 6.07) is 9.70. The minimum Gasteiger partial charge on any atom is -0.386 e. The number of carbonyl (C=O) groups excluding carboxylic acids is 1. The van der Waals surface area contributed by atoms with Gasteiger partial charge in [0, 0.05) is 16.9 Å². The summed E-state index contributed by atoms with van der Waals surface area (Å²) in [7, 11) is 0. The van der Waals surface area contributed by atoms with Crippen LogP contribution in [0.2, 0.25) is 0 Å². The van der Waals surface area contributed by atoms with E-state index in [1.807, 2.05) is 42.6 Å². The number of aliphatic hydroxyl groups is 1. The first-order chi connectivity index (χ1) is 9.36. The number of rotatable bonds is 5. The second-order valence-corrected chi connectivity index (χ2v) is 6.65. The maximum Gasteiger partial charge on any atom is 0.163 e. The van der Waals surface area contributed by atoms with Crippen LogP contribution in [0.15, 0.2) is 35.7 Å². The number of hydrogen-bond donors (Lipinski definition) is 1. The zero-order valence-electron chi connectivity index (χ0n) is 12.1. The van der Waals surface area contributed by atoms with Crippen molar-refractivity contribution in [2.24, 2.45) is 0 Å². The molecule has 1 aromatic carbocycles. The van der Waals surface area contributed by atoms with E-state index < -0.39 is 5.60 Å². The molecule has 0 amide bonds. The van der Waals surface area contributed by atoms with E-state index in [4.69, 9.17) is 0 Å². The number of thiophene rings is 1. The molecule has 0 aliphatic carbocycles. The van der Waals surface area contributed by atoms with Gasteiger partial charge < -0.3 is 5.11 Å². The van der Waals surface area contributed by atoms with Gasteiger partial charge in [0.05, 0.1) is 5.60 Å². The van der Waals surface area contributed by atoms with Gasteiger partial charge in [0.1, 0.15) is 0 Å². The Morgan fingerprint density at radius 1 is 1.30 bits per heavy atom. The molecule has 1 heterocycles. The topological polar surface area (TPSA) is 37.3 Å². The zero-order chi connectivity index (χ0) is 14.8. The molecule has 0 saturated heterocycles. The van der Waals surface area contributed by atoms with E-state index in [1.165, 1.54) is 0 Å². The van der Waals surface area contributed by atoms with Gasteiger partial charge in [-0.2, -0.15) is 0 Å². The van der Waals surface area contributed by atoms with Crippen molar-refractivity contribution in [1.82, 2.24) is 0 Å². The molecule has 0 bridgehead atoms. The van der Waals surface area contributed by atoms with Crippen LogP contribution in [-0.2, 0) is 12.0 Å². The Bertz CT molecular complexity index is 605. The Kier molecular flexibility index (Phi) is 4.41.